The summed E-state index contributed by atoms with van der Waals surface area (Å²) in [6.45, 7) is 4.84. The number of hydrazine groups is 1. The highest BCUT2D eigenvalue weighted by atomic mass is 16.3. The number of rotatable bonds is 3. The van der Waals surface area contributed by atoms with Crippen molar-refractivity contribution in [2.75, 3.05) is 24.7 Å². The molecular formula is C13H18N2O2. The monoisotopic (exact) mass is 234 g/mol. The molecule has 1 aliphatic heterocycles. The number of carbonyl (C=O) groups excluding carboxylic acids is 1. The molecule has 4 heteroatoms. The Bertz CT molecular complexity index is 403. The summed E-state index contributed by atoms with van der Waals surface area (Å²) in [6, 6.07) is 9.78. The molecule has 0 atom stereocenters. The average molecular weight is 234 g/mol. The summed E-state index contributed by atoms with van der Waals surface area (Å²) < 4.78 is 0. The zero-order chi connectivity index (χ0) is 12.5. The van der Waals surface area contributed by atoms with Gasteiger partial charge in [0.05, 0.1) is 30.8 Å². The third-order valence-corrected chi connectivity index (χ3v) is 3.02. The smallest absolute Gasteiger partial charge is 0.248 e. The number of hydrogen-bond acceptors (Lipinski definition) is 3. The first-order valence-electron chi connectivity index (χ1n) is 5.81. The first-order chi connectivity index (χ1) is 8.06. The van der Waals surface area contributed by atoms with Gasteiger partial charge in [-0.15, -0.1) is 0 Å². The Morgan fingerprint density at radius 1 is 1.29 bits per heavy atom. The maximum absolute atomic E-state index is 12.2. The van der Waals surface area contributed by atoms with Crippen LogP contribution < -0.4 is 5.01 Å². The Hall–Kier alpha value is -1.55. The van der Waals surface area contributed by atoms with E-state index in [0.717, 1.165) is 5.69 Å². The molecule has 1 aromatic carbocycles. The number of amides is 1. The number of aliphatic hydroxyl groups excluding tert-OH is 1. The molecule has 1 aliphatic rings. The van der Waals surface area contributed by atoms with Crippen LogP contribution in [-0.2, 0) is 4.79 Å². The number of aliphatic hydroxyl groups is 1. The van der Waals surface area contributed by atoms with Crippen LogP contribution in [0.3, 0.4) is 0 Å². The van der Waals surface area contributed by atoms with Gasteiger partial charge in [0.15, 0.2) is 0 Å². The van der Waals surface area contributed by atoms with Crippen molar-refractivity contribution in [1.82, 2.24) is 5.01 Å². The number of nitrogens with zero attached hydrogens (tertiary/aromatic N) is 2. The van der Waals surface area contributed by atoms with Crippen molar-refractivity contribution in [3.8, 4) is 0 Å². The zero-order valence-corrected chi connectivity index (χ0v) is 10.3. The van der Waals surface area contributed by atoms with Crippen molar-refractivity contribution >= 4 is 11.6 Å². The minimum Gasteiger partial charge on any atom is -0.394 e. The molecule has 0 aliphatic carbocycles. The Kier molecular flexibility index (Phi) is 3.07. The first-order valence-corrected chi connectivity index (χ1v) is 5.81. The third-order valence-electron chi connectivity index (χ3n) is 3.02. The molecule has 92 valence electrons. The average Bonchev–Trinajstić information content (AvgIpc) is 2.55. The molecule has 0 saturated carbocycles. The highest BCUT2D eigenvalue weighted by Crippen LogP contribution is 2.32. The number of anilines is 1. The molecule has 1 amide bonds. The van der Waals surface area contributed by atoms with Gasteiger partial charge in [0.25, 0.3) is 0 Å². The lowest BCUT2D eigenvalue weighted by molar-refractivity contribution is -0.135. The maximum Gasteiger partial charge on any atom is 0.248 e. The van der Waals surface area contributed by atoms with Gasteiger partial charge in [-0.2, -0.15) is 0 Å². The van der Waals surface area contributed by atoms with Crippen LogP contribution in [0, 0.1) is 5.41 Å². The number of hydrogen-bond donors (Lipinski definition) is 1. The van der Waals surface area contributed by atoms with Gasteiger partial charge >= 0.3 is 0 Å². The van der Waals surface area contributed by atoms with Crippen LogP contribution >= 0.6 is 0 Å². The summed E-state index contributed by atoms with van der Waals surface area (Å²) in [6.07, 6.45) is 0. The van der Waals surface area contributed by atoms with Crippen LogP contribution in [0.15, 0.2) is 30.3 Å². The Labute approximate surface area is 101 Å². The van der Waals surface area contributed by atoms with Crippen molar-refractivity contribution in [2.24, 2.45) is 5.41 Å². The van der Waals surface area contributed by atoms with Crippen molar-refractivity contribution in [1.29, 1.82) is 0 Å². The van der Waals surface area contributed by atoms with Crippen LogP contribution in [0.4, 0.5) is 5.69 Å². The standard InChI is InChI=1S/C13H18N2O2/c1-13(2)10-15(11-6-4-3-5-7-11)14(8-9-16)12(13)17/h3-7,16H,8-10H2,1-2H3. The van der Waals surface area contributed by atoms with E-state index in [1.54, 1.807) is 5.01 Å². The molecule has 0 bridgehead atoms. The van der Waals surface area contributed by atoms with Gasteiger partial charge in [-0.3, -0.25) is 14.8 Å². The second-order valence-electron chi connectivity index (χ2n) is 4.93. The SMILES string of the molecule is CC1(C)CN(c2ccccc2)N(CCO)C1=O. The van der Waals surface area contributed by atoms with Crippen LogP contribution in [0.2, 0.25) is 0 Å². The second-order valence-corrected chi connectivity index (χ2v) is 4.93. The van der Waals surface area contributed by atoms with E-state index >= 15 is 0 Å². The summed E-state index contributed by atoms with van der Waals surface area (Å²) in [5, 5.41) is 12.6. The fraction of sp³-hybridized carbons (Fsp3) is 0.462. The summed E-state index contributed by atoms with van der Waals surface area (Å²) >= 11 is 0. The molecule has 0 aromatic heterocycles. The van der Waals surface area contributed by atoms with E-state index < -0.39 is 5.41 Å². The van der Waals surface area contributed by atoms with E-state index in [9.17, 15) is 4.79 Å². The number of β-amino-alcohol motifs (C(OH)–C–C–N with tert-alkyl or cyclic N) is 1. The lowest BCUT2D eigenvalue weighted by Gasteiger charge is -2.28. The van der Waals surface area contributed by atoms with E-state index in [2.05, 4.69) is 0 Å². The molecule has 0 radical (unpaired) electrons. The van der Waals surface area contributed by atoms with Crippen molar-refractivity contribution < 1.29 is 9.90 Å². The lowest BCUT2D eigenvalue weighted by Crippen LogP contribution is -2.41. The Morgan fingerprint density at radius 3 is 2.53 bits per heavy atom. The lowest BCUT2D eigenvalue weighted by atomic mass is 9.94. The largest absolute Gasteiger partial charge is 0.394 e. The van der Waals surface area contributed by atoms with Crippen molar-refractivity contribution in [2.45, 2.75) is 13.8 Å². The summed E-state index contributed by atoms with van der Waals surface area (Å²) in [4.78, 5) is 12.2. The number of benzene rings is 1. The molecule has 1 heterocycles. The van der Waals surface area contributed by atoms with Gasteiger partial charge in [-0.05, 0) is 26.0 Å². The molecule has 1 N–H and O–H groups in total. The van der Waals surface area contributed by atoms with Crippen LogP contribution in [0.5, 0.6) is 0 Å². The van der Waals surface area contributed by atoms with E-state index in [0.29, 0.717) is 13.1 Å². The van der Waals surface area contributed by atoms with Crippen molar-refractivity contribution in [3.63, 3.8) is 0 Å². The van der Waals surface area contributed by atoms with E-state index in [-0.39, 0.29) is 12.5 Å². The minimum absolute atomic E-state index is 0.0227. The second kappa shape index (κ2) is 4.37. The van der Waals surface area contributed by atoms with Gasteiger partial charge in [-0.25, -0.2) is 0 Å². The van der Waals surface area contributed by atoms with Gasteiger partial charge in [0, 0.05) is 0 Å². The van der Waals surface area contributed by atoms with Gasteiger partial charge in [0.2, 0.25) is 5.91 Å². The molecule has 1 saturated heterocycles. The summed E-state index contributed by atoms with van der Waals surface area (Å²) in [7, 11) is 0. The highest BCUT2D eigenvalue weighted by Gasteiger charge is 2.43. The molecular weight excluding hydrogens is 216 g/mol. The quantitative estimate of drug-likeness (QED) is 0.856. The zero-order valence-electron chi connectivity index (χ0n) is 10.3. The third kappa shape index (κ3) is 2.13. The molecule has 1 aromatic rings. The van der Waals surface area contributed by atoms with Gasteiger partial charge in [0.1, 0.15) is 0 Å². The Balaban J connectivity index is 2.30. The molecule has 0 unspecified atom stereocenters. The van der Waals surface area contributed by atoms with E-state index in [1.165, 1.54) is 0 Å². The minimum atomic E-state index is -0.398. The molecule has 0 spiro atoms. The summed E-state index contributed by atoms with van der Waals surface area (Å²) in [5.41, 5.74) is 0.588. The molecule has 4 nitrogen and oxygen atoms in total. The van der Waals surface area contributed by atoms with Gasteiger partial charge in [-0.1, -0.05) is 18.2 Å². The maximum atomic E-state index is 12.2. The molecule has 2 rings (SSSR count). The fourth-order valence-electron chi connectivity index (χ4n) is 2.13. The molecule has 17 heavy (non-hydrogen) atoms. The van der Waals surface area contributed by atoms with Crippen LogP contribution in [0.25, 0.3) is 0 Å². The number of para-hydroxylation sites is 1. The predicted molar refractivity (Wildman–Crippen MR) is 66.4 cm³/mol. The normalized spacial score (nSPS) is 18.9. The Morgan fingerprint density at radius 2 is 1.94 bits per heavy atom. The predicted octanol–water partition coefficient (Wildman–Crippen LogP) is 1.27. The van der Waals surface area contributed by atoms with Crippen LogP contribution in [-0.4, -0.2) is 35.7 Å². The number of carbonyl (C=O) groups is 1. The highest BCUT2D eigenvalue weighted by molar-refractivity contribution is 5.87. The fourth-order valence-corrected chi connectivity index (χ4v) is 2.13. The van der Waals surface area contributed by atoms with E-state index in [1.807, 2.05) is 49.2 Å². The van der Waals surface area contributed by atoms with E-state index in [4.69, 9.17) is 5.11 Å². The van der Waals surface area contributed by atoms with Crippen molar-refractivity contribution in [3.05, 3.63) is 30.3 Å². The topological polar surface area (TPSA) is 43.8 Å². The van der Waals surface area contributed by atoms with Crippen LogP contribution in [0.1, 0.15) is 13.8 Å². The first kappa shape index (κ1) is 11.9. The molecule has 1 fully saturated rings. The van der Waals surface area contributed by atoms with Gasteiger partial charge < -0.3 is 5.11 Å². The summed E-state index contributed by atoms with van der Waals surface area (Å²) in [5.74, 6) is 0.0652.